The van der Waals surface area contributed by atoms with Crippen LogP contribution in [0.2, 0.25) is 0 Å². The fourth-order valence-electron chi connectivity index (χ4n) is 1.31. The Bertz CT molecular complexity index is 474. The second kappa shape index (κ2) is 4.04. The molecule has 0 fully saturated rings. The molecule has 0 atom stereocenters. The summed E-state index contributed by atoms with van der Waals surface area (Å²) in [6.07, 6.45) is 3.07. The molecule has 0 unspecified atom stereocenters. The van der Waals surface area contributed by atoms with Crippen molar-refractivity contribution in [2.45, 2.75) is 0 Å². The largest absolute Gasteiger partial charge is 0.479 e. The number of methoxy groups -OCH3 is 1. The molecule has 0 bridgehead atoms. The van der Waals surface area contributed by atoms with E-state index < -0.39 is 0 Å². The number of ether oxygens (including phenoxy) is 1. The second-order valence-electron chi connectivity index (χ2n) is 2.92. The number of hydrogen-bond donors (Lipinski definition) is 0. The first-order chi connectivity index (χ1) is 7.31. The van der Waals surface area contributed by atoms with E-state index in [2.05, 4.69) is 9.97 Å². The molecule has 0 saturated heterocycles. The molecule has 2 rings (SSSR count). The van der Waals surface area contributed by atoms with E-state index in [-0.39, 0.29) is 5.82 Å². The quantitative estimate of drug-likeness (QED) is 0.752. The van der Waals surface area contributed by atoms with E-state index in [0.717, 1.165) is 0 Å². The van der Waals surface area contributed by atoms with E-state index in [4.69, 9.17) is 4.74 Å². The molecule has 15 heavy (non-hydrogen) atoms. The maximum atomic E-state index is 13.0. The van der Waals surface area contributed by atoms with Gasteiger partial charge in [-0.15, -0.1) is 0 Å². The van der Waals surface area contributed by atoms with Gasteiger partial charge in [-0.3, -0.25) is 0 Å². The van der Waals surface area contributed by atoms with Gasteiger partial charge in [-0.05, 0) is 12.1 Å². The van der Waals surface area contributed by atoms with E-state index in [1.165, 1.54) is 25.4 Å². The zero-order valence-corrected chi connectivity index (χ0v) is 8.14. The zero-order chi connectivity index (χ0) is 10.7. The summed E-state index contributed by atoms with van der Waals surface area (Å²) in [6, 6.07) is 6.16. The summed E-state index contributed by atoms with van der Waals surface area (Å²) in [4.78, 5) is 8.10. The molecule has 0 radical (unpaired) electrons. The highest BCUT2D eigenvalue weighted by Gasteiger charge is 2.07. The Labute approximate surface area is 86.6 Å². The Morgan fingerprint density at radius 1 is 1.20 bits per heavy atom. The van der Waals surface area contributed by atoms with E-state index in [0.29, 0.717) is 17.1 Å². The minimum absolute atomic E-state index is 0.305. The lowest BCUT2D eigenvalue weighted by molar-refractivity contribution is 0.397. The predicted octanol–water partition coefficient (Wildman–Crippen LogP) is 2.29. The van der Waals surface area contributed by atoms with Crippen molar-refractivity contribution < 1.29 is 9.13 Å². The van der Waals surface area contributed by atoms with Crippen LogP contribution in [0.4, 0.5) is 4.39 Å². The zero-order valence-electron chi connectivity index (χ0n) is 8.14. The molecule has 0 spiro atoms. The van der Waals surface area contributed by atoms with Gasteiger partial charge in [-0.2, -0.15) is 0 Å². The monoisotopic (exact) mass is 204 g/mol. The molecule has 3 nitrogen and oxygen atoms in total. The summed E-state index contributed by atoms with van der Waals surface area (Å²) >= 11 is 0. The third kappa shape index (κ3) is 1.93. The smallest absolute Gasteiger partial charge is 0.240 e. The number of aromatic nitrogens is 2. The van der Waals surface area contributed by atoms with Crippen molar-refractivity contribution >= 4 is 0 Å². The van der Waals surface area contributed by atoms with Gasteiger partial charge in [0.25, 0.3) is 0 Å². The molecule has 0 aliphatic rings. The van der Waals surface area contributed by atoms with Crippen LogP contribution < -0.4 is 4.74 Å². The van der Waals surface area contributed by atoms with Crippen molar-refractivity contribution in [1.82, 2.24) is 9.97 Å². The first kappa shape index (κ1) is 9.58. The van der Waals surface area contributed by atoms with Crippen molar-refractivity contribution in [1.29, 1.82) is 0 Å². The number of hydrogen-bond acceptors (Lipinski definition) is 3. The Balaban J connectivity index is 2.53. The molecule has 1 aromatic heterocycles. The first-order valence-electron chi connectivity index (χ1n) is 4.42. The Morgan fingerprint density at radius 3 is 2.73 bits per heavy atom. The highest BCUT2D eigenvalue weighted by molar-refractivity contribution is 5.63. The first-order valence-corrected chi connectivity index (χ1v) is 4.42. The number of halogens is 1. The van der Waals surface area contributed by atoms with Gasteiger partial charge in [0.05, 0.1) is 7.11 Å². The number of nitrogens with zero attached hydrogens (tertiary/aromatic N) is 2. The Kier molecular flexibility index (Phi) is 2.58. The van der Waals surface area contributed by atoms with Crippen LogP contribution in [0.15, 0.2) is 36.7 Å². The van der Waals surface area contributed by atoms with Crippen molar-refractivity contribution in [2.75, 3.05) is 7.11 Å². The lowest BCUT2D eigenvalue weighted by Crippen LogP contribution is -1.93. The fraction of sp³-hybridized carbons (Fsp3) is 0.0909. The van der Waals surface area contributed by atoms with Crippen LogP contribution in [0, 0.1) is 5.82 Å². The average molecular weight is 204 g/mol. The second-order valence-corrected chi connectivity index (χ2v) is 2.92. The molecule has 1 heterocycles. The highest BCUT2D eigenvalue weighted by Crippen LogP contribution is 2.24. The molecule has 4 heteroatoms. The lowest BCUT2D eigenvalue weighted by Gasteiger charge is -2.05. The normalized spacial score (nSPS) is 10.0. The standard InChI is InChI=1S/C11H9FN2O/c1-15-11-10(13-5-6-14-11)8-3-2-4-9(12)7-8/h2-7H,1H3. The van der Waals surface area contributed by atoms with Crippen LogP contribution >= 0.6 is 0 Å². The minimum atomic E-state index is -0.305. The molecule has 0 amide bonds. The van der Waals surface area contributed by atoms with Crippen LogP contribution in [0.3, 0.4) is 0 Å². The molecule has 1 aromatic carbocycles. The summed E-state index contributed by atoms with van der Waals surface area (Å²) in [6.45, 7) is 0. The van der Waals surface area contributed by atoms with Crippen LogP contribution in [-0.4, -0.2) is 17.1 Å². The average Bonchev–Trinajstić information content (AvgIpc) is 2.29. The van der Waals surface area contributed by atoms with Crippen LogP contribution in [0.1, 0.15) is 0 Å². The lowest BCUT2D eigenvalue weighted by atomic mass is 10.1. The molecule has 0 saturated carbocycles. The molecular weight excluding hydrogens is 195 g/mol. The van der Waals surface area contributed by atoms with Crippen molar-refractivity contribution in [3.05, 3.63) is 42.5 Å². The van der Waals surface area contributed by atoms with Gasteiger partial charge < -0.3 is 4.74 Å². The Hall–Kier alpha value is -1.97. The SMILES string of the molecule is COc1nccnc1-c1cccc(F)c1. The topological polar surface area (TPSA) is 35.0 Å². The molecule has 2 aromatic rings. The van der Waals surface area contributed by atoms with Gasteiger partial charge >= 0.3 is 0 Å². The molecule has 76 valence electrons. The number of rotatable bonds is 2. The summed E-state index contributed by atoms with van der Waals surface area (Å²) in [5, 5.41) is 0. The van der Waals surface area contributed by atoms with Gasteiger partial charge in [-0.1, -0.05) is 12.1 Å². The third-order valence-corrected chi connectivity index (χ3v) is 1.96. The van der Waals surface area contributed by atoms with Crippen molar-refractivity contribution in [3.63, 3.8) is 0 Å². The fourth-order valence-corrected chi connectivity index (χ4v) is 1.31. The van der Waals surface area contributed by atoms with Gasteiger partial charge in [0, 0.05) is 18.0 Å². The van der Waals surface area contributed by atoms with E-state index in [1.54, 1.807) is 18.3 Å². The molecule has 0 aliphatic heterocycles. The molecular formula is C11H9FN2O. The van der Waals surface area contributed by atoms with Gasteiger partial charge in [0.1, 0.15) is 11.5 Å². The maximum Gasteiger partial charge on any atom is 0.240 e. The maximum absolute atomic E-state index is 13.0. The molecule has 0 N–H and O–H groups in total. The van der Waals surface area contributed by atoms with E-state index in [1.807, 2.05) is 0 Å². The minimum Gasteiger partial charge on any atom is -0.479 e. The number of benzene rings is 1. The van der Waals surface area contributed by atoms with Crippen LogP contribution in [-0.2, 0) is 0 Å². The van der Waals surface area contributed by atoms with E-state index in [9.17, 15) is 4.39 Å². The molecule has 0 aliphatic carbocycles. The summed E-state index contributed by atoms with van der Waals surface area (Å²) in [5.41, 5.74) is 1.19. The van der Waals surface area contributed by atoms with Gasteiger partial charge in [0.2, 0.25) is 5.88 Å². The van der Waals surface area contributed by atoms with Crippen LogP contribution in [0.5, 0.6) is 5.88 Å². The Morgan fingerprint density at radius 2 is 2.00 bits per heavy atom. The van der Waals surface area contributed by atoms with Crippen LogP contribution in [0.25, 0.3) is 11.3 Å². The summed E-state index contributed by atoms with van der Waals surface area (Å²) in [7, 11) is 1.51. The third-order valence-electron chi connectivity index (χ3n) is 1.96. The highest BCUT2D eigenvalue weighted by atomic mass is 19.1. The van der Waals surface area contributed by atoms with E-state index >= 15 is 0 Å². The summed E-state index contributed by atoms with van der Waals surface area (Å²) in [5.74, 6) is 0.0864. The van der Waals surface area contributed by atoms with Crippen molar-refractivity contribution in [3.8, 4) is 17.1 Å². The predicted molar refractivity (Wildman–Crippen MR) is 54.0 cm³/mol. The van der Waals surface area contributed by atoms with Gasteiger partial charge in [-0.25, -0.2) is 14.4 Å². The van der Waals surface area contributed by atoms with Crippen molar-refractivity contribution in [2.24, 2.45) is 0 Å². The summed E-state index contributed by atoms with van der Waals surface area (Å²) < 4.78 is 18.0. The van der Waals surface area contributed by atoms with Gasteiger partial charge in [0.15, 0.2) is 0 Å².